The quantitative estimate of drug-likeness (QED) is 0.770. The van der Waals surface area contributed by atoms with Crippen LogP contribution < -0.4 is 5.56 Å². The van der Waals surface area contributed by atoms with Crippen molar-refractivity contribution in [2.24, 2.45) is 0 Å². The van der Waals surface area contributed by atoms with Gasteiger partial charge in [0.15, 0.2) is 0 Å². The second kappa shape index (κ2) is 4.81. The van der Waals surface area contributed by atoms with Gasteiger partial charge in [0.05, 0.1) is 18.1 Å². The summed E-state index contributed by atoms with van der Waals surface area (Å²) >= 11 is 5.75. The largest absolute Gasteiger partial charge is 0.466 e. The van der Waals surface area contributed by atoms with Gasteiger partial charge in [-0.05, 0) is 13.0 Å². The van der Waals surface area contributed by atoms with Crippen LogP contribution in [-0.4, -0.2) is 17.6 Å². The molecule has 0 fully saturated rings. The van der Waals surface area contributed by atoms with E-state index in [1.54, 1.807) is 6.92 Å². The smallest absolute Gasteiger partial charge is 0.310 e. The van der Waals surface area contributed by atoms with E-state index in [0.717, 1.165) is 0 Å². The highest BCUT2D eigenvalue weighted by Gasteiger charge is 2.10. The first-order valence-electron chi connectivity index (χ1n) is 4.16. The van der Waals surface area contributed by atoms with E-state index in [4.69, 9.17) is 16.3 Å². The molecule has 1 N–H and O–H groups in total. The lowest BCUT2D eigenvalue weighted by molar-refractivity contribution is -0.142. The van der Waals surface area contributed by atoms with E-state index >= 15 is 0 Å². The Kier molecular flexibility index (Phi) is 3.71. The van der Waals surface area contributed by atoms with E-state index < -0.39 is 5.97 Å². The van der Waals surface area contributed by atoms with Gasteiger partial charge in [-0.2, -0.15) is 0 Å². The minimum absolute atomic E-state index is 0.0944. The van der Waals surface area contributed by atoms with Gasteiger partial charge in [-0.1, -0.05) is 11.6 Å². The van der Waals surface area contributed by atoms with Crippen molar-refractivity contribution in [3.8, 4) is 0 Å². The molecule has 0 amide bonds. The van der Waals surface area contributed by atoms with Crippen molar-refractivity contribution in [2.75, 3.05) is 6.61 Å². The van der Waals surface area contributed by atoms with Crippen LogP contribution in [0.5, 0.6) is 0 Å². The molecule has 0 aliphatic rings. The Morgan fingerprint density at radius 1 is 1.64 bits per heavy atom. The molecule has 1 aromatic heterocycles. The zero-order valence-electron chi connectivity index (χ0n) is 7.67. The molecule has 1 rings (SSSR count). The number of ether oxygens (including phenoxy) is 1. The summed E-state index contributed by atoms with van der Waals surface area (Å²) in [7, 11) is 0. The van der Waals surface area contributed by atoms with Crippen LogP contribution in [0, 0.1) is 0 Å². The third-order valence-corrected chi connectivity index (χ3v) is 1.99. The first-order chi connectivity index (χ1) is 6.65. The number of H-pyrrole nitrogens is 1. The minimum atomic E-state index is -0.453. The summed E-state index contributed by atoms with van der Waals surface area (Å²) in [5, 5.41) is 0.279. The van der Waals surface area contributed by atoms with Crippen molar-refractivity contribution < 1.29 is 9.53 Å². The van der Waals surface area contributed by atoms with Gasteiger partial charge in [0, 0.05) is 11.8 Å². The molecule has 1 aromatic rings. The summed E-state index contributed by atoms with van der Waals surface area (Å²) in [6, 6.07) is 1.53. The van der Waals surface area contributed by atoms with Gasteiger partial charge in [-0.25, -0.2) is 0 Å². The lowest BCUT2D eigenvalue weighted by Gasteiger charge is -2.02. The topological polar surface area (TPSA) is 59.2 Å². The zero-order chi connectivity index (χ0) is 10.6. The molecule has 0 aliphatic carbocycles. The maximum atomic E-state index is 11.2. The highest BCUT2D eigenvalue weighted by molar-refractivity contribution is 6.31. The van der Waals surface area contributed by atoms with Crippen LogP contribution in [0.3, 0.4) is 0 Å². The summed E-state index contributed by atoms with van der Waals surface area (Å²) in [6.45, 7) is 2.00. The number of aromatic amines is 1. The van der Waals surface area contributed by atoms with Gasteiger partial charge < -0.3 is 9.72 Å². The van der Waals surface area contributed by atoms with Crippen LogP contribution in [0.15, 0.2) is 17.1 Å². The van der Waals surface area contributed by atoms with Crippen molar-refractivity contribution in [1.82, 2.24) is 4.98 Å². The SMILES string of the molecule is CCOC(=O)Cc1c(Cl)cc[nH]c1=O. The van der Waals surface area contributed by atoms with Crippen LogP contribution in [0.25, 0.3) is 0 Å². The van der Waals surface area contributed by atoms with E-state index in [1.807, 2.05) is 0 Å². The molecule has 5 heteroatoms. The van der Waals surface area contributed by atoms with Crippen LogP contribution in [0.1, 0.15) is 12.5 Å². The van der Waals surface area contributed by atoms with E-state index in [2.05, 4.69) is 4.98 Å². The molecule has 0 bridgehead atoms. The zero-order valence-corrected chi connectivity index (χ0v) is 8.43. The average Bonchev–Trinajstić information content (AvgIpc) is 2.12. The van der Waals surface area contributed by atoms with E-state index in [9.17, 15) is 9.59 Å². The van der Waals surface area contributed by atoms with Gasteiger partial charge in [0.2, 0.25) is 0 Å². The molecule has 14 heavy (non-hydrogen) atoms. The summed E-state index contributed by atoms with van der Waals surface area (Å²) in [6.07, 6.45) is 1.34. The Bertz CT molecular complexity index is 386. The minimum Gasteiger partial charge on any atom is -0.466 e. The van der Waals surface area contributed by atoms with E-state index in [1.165, 1.54) is 12.3 Å². The Morgan fingerprint density at radius 2 is 2.36 bits per heavy atom. The van der Waals surface area contributed by atoms with Crippen molar-refractivity contribution >= 4 is 17.6 Å². The number of nitrogens with one attached hydrogen (secondary N) is 1. The molecule has 1 heterocycles. The highest BCUT2D eigenvalue weighted by atomic mass is 35.5. The van der Waals surface area contributed by atoms with Crippen LogP contribution in [0.4, 0.5) is 0 Å². The Morgan fingerprint density at radius 3 is 2.93 bits per heavy atom. The first kappa shape index (κ1) is 10.8. The van der Waals surface area contributed by atoms with Crippen LogP contribution in [-0.2, 0) is 16.0 Å². The summed E-state index contributed by atoms with van der Waals surface area (Å²) in [4.78, 5) is 24.8. The fourth-order valence-electron chi connectivity index (χ4n) is 1.01. The number of hydrogen-bond acceptors (Lipinski definition) is 3. The highest BCUT2D eigenvalue weighted by Crippen LogP contribution is 2.10. The van der Waals surface area contributed by atoms with E-state index in [0.29, 0.717) is 6.61 Å². The molecule has 0 aliphatic heterocycles. The molecular weight excluding hydrogens is 206 g/mol. The second-order valence-electron chi connectivity index (χ2n) is 2.62. The Balaban J connectivity index is 2.86. The maximum Gasteiger partial charge on any atom is 0.310 e. The van der Waals surface area contributed by atoms with Crippen molar-refractivity contribution in [2.45, 2.75) is 13.3 Å². The van der Waals surface area contributed by atoms with Gasteiger partial charge >= 0.3 is 5.97 Å². The summed E-state index contributed by atoms with van der Waals surface area (Å²) in [5.74, 6) is -0.453. The third-order valence-electron chi connectivity index (χ3n) is 1.63. The molecule has 0 radical (unpaired) electrons. The average molecular weight is 216 g/mol. The molecule has 0 unspecified atom stereocenters. The fraction of sp³-hybridized carbons (Fsp3) is 0.333. The summed E-state index contributed by atoms with van der Waals surface area (Å²) < 4.78 is 4.71. The van der Waals surface area contributed by atoms with Crippen molar-refractivity contribution in [1.29, 1.82) is 0 Å². The normalized spacial score (nSPS) is 9.86. The number of rotatable bonds is 3. The van der Waals surface area contributed by atoms with Gasteiger partial charge in [0.25, 0.3) is 5.56 Å². The number of aromatic nitrogens is 1. The van der Waals surface area contributed by atoms with Gasteiger partial charge in [0.1, 0.15) is 0 Å². The number of hydrogen-bond donors (Lipinski definition) is 1. The molecule has 4 nitrogen and oxygen atoms in total. The number of carbonyl (C=O) groups is 1. The molecule has 0 spiro atoms. The summed E-state index contributed by atoms with van der Waals surface area (Å²) in [5.41, 5.74) is -0.113. The number of carbonyl (C=O) groups excluding carboxylic acids is 1. The van der Waals surface area contributed by atoms with Gasteiger partial charge in [-0.3, -0.25) is 9.59 Å². The van der Waals surface area contributed by atoms with Crippen LogP contribution in [0.2, 0.25) is 5.02 Å². The predicted molar refractivity (Wildman–Crippen MR) is 52.4 cm³/mol. The van der Waals surface area contributed by atoms with Gasteiger partial charge in [-0.15, -0.1) is 0 Å². The standard InChI is InChI=1S/C9H10ClNO3/c1-2-14-8(12)5-6-7(10)3-4-11-9(6)13/h3-4H,2,5H2,1H3,(H,11,13). The third kappa shape index (κ3) is 2.60. The van der Waals surface area contributed by atoms with Crippen molar-refractivity contribution in [3.63, 3.8) is 0 Å². The number of pyridine rings is 1. The fourth-order valence-corrected chi connectivity index (χ4v) is 1.22. The van der Waals surface area contributed by atoms with E-state index in [-0.39, 0.29) is 22.6 Å². The number of esters is 1. The molecule has 0 atom stereocenters. The molecule has 0 saturated carbocycles. The molecule has 76 valence electrons. The van der Waals surface area contributed by atoms with Crippen molar-refractivity contribution in [3.05, 3.63) is 33.2 Å². The molecule has 0 aromatic carbocycles. The predicted octanol–water partition coefficient (Wildman–Crippen LogP) is 1.13. The number of halogens is 1. The monoisotopic (exact) mass is 215 g/mol. The maximum absolute atomic E-state index is 11.2. The Labute approximate surface area is 85.9 Å². The molecule has 0 saturated heterocycles. The Hall–Kier alpha value is -1.29. The lowest BCUT2D eigenvalue weighted by atomic mass is 10.2. The first-order valence-corrected chi connectivity index (χ1v) is 4.54. The van der Waals surface area contributed by atoms with Crippen LogP contribution >= 0.6 is 11.6 Å². The second-order valence-corrected chi connectivity index (χ2v) is 3.02. The molecular formula is C9H10ClNO3. The lowest BCUT2D eigenvalue weighted by Crippen LogP contribution is -2.18.